The van der Waals surface area contributed by atoms with Crippen molar-refractivity contribution < 1.29 is 14.9 Å². The van der Waals surface area contributed by atoms with E-state index in [1.807, 2.05) is 42.5 Å². The van der Waals surface area contributed by atoms with Crippen molar-refractivity contribution in [1.82, 2.24) is 19.5 Å². The van der Waals surface area contributed by atoms with Crippen molar-refractivity contribution in [3.63, 3.8) is 0 Å². The number of ether oxygens (including phenoxy) is 1. The van der Waals surface area contributed by atoms with Gasteiger partial charge in [-0.3, -0.25) is 14.8 Å². The minimum absolute atomic E-state index is 0.0843. The molecule has 0 amide bonds. The van der Waals surface area contributed by atoms with Crippen LogP contribution in [0.1, 0.15) is 47.8 Å². The summed E-state index contributed by atoms with van der Waals surface area (Å²) in [5.74, 6) is 1.23. The van der Waals surface area contributed by atoms with E-state index in [2.05, 4.69) is 10.00 Å². The highest BCUT2D eigenvalue weighted by atomic mass is 16.5. The molecular weight excluding hydrogens is 480 g/mol. The SMILES string of the molecule is O=c1c2c(nc3cc(-c4ccccc4)[nH]n13)[C@@H]1Oc3c(O)ccc4c3[C@@]13CCN(CC1CC1)[C@H](C4)[C@]3(O)C2. The van der Waals surface area contributed by atoms with Crippen molar-refractivity contribution in [1.29, 1.82) is 0 Å². The van der Waals surface area contributed by atoms with Gasteiger partial charge in [-0.1, -0.05) is 36.4 Å². The molecule has 4 atom stereocenters. The topological polar surface area (TPSA) is 103 Å². The average molecular weight is 509 g/mol. The molecule has 4 heterocycles. The number of likely N-dealkylation sites (tertiary alicyclic amines) is 1. The molecule has 1 saturated heterocycles. The highest BCUT2D eigenvalue weighted by Crippen LogP contribution is 2.68. The summed E-state index contributed by atoms with van der Waals surface area (Å²) in [6.07, 6.45) is 3.46. The average Bonchev–Trinajstić information content (AvgIpc) is 3.51. The number of nitrogens with one attached hydrogen (secondary N) is 1. The lowest BCUT2D eigenvalue weighted by Gasteiger charge is -2.62. The molecule has 38 heavy (non-hydrogen) atoms. The summed E-state index contributed by atoms with van der Waals surface area (Å²) >= 11 is 0. The van der Waals surface area contributed by atoms with Gasteiger partial charge in [0.25, 0.3) is 5.56 Å². The van der Waals surface area contributed by atoms with Gasteiger partial charge in [-0.15, -0.1) is 0 Å². The quantitative estimate of drug-likeness (QED) is 0.393. The largest absolute Gasteiger partial charge is 0.504 e. The summed E-state index contributed by atoms with van der Waals surface area (Å²) in [6, 6.07) is 15.3. The minimum atomic E-state index is -1.20. The van der Waals surface area contributed by atoms with E-state index < -0.39 is 17.1 Å². The van der Waals surface area contributed by atoms with Crippen LogP contribution in [0, 0.1) is 5.92 Å². The maximum atomic E-state index is 14.0. The lowest BCUT2D eigenvalue weighted by molar-refractivity contribution is -0.173. The summed E-state index contributed by atoms with van der Waals surface area (Å²) in [5.41, 5.74) is 3.30. The van der Waals surface area contributed by atoms with Crippen molar-refractivity contribution >= 4 is 5.65 Å². The number of aliphatic hydroxyl groups is 1. The molecule has 9 rings (SSSR count). The molecule has 1 saturated carbocycles. The first-order valence-electron chi connectivity index (χ1n) is 13.7. The number of aromatic amines is 1. The molecule has 4 aromatic rings. The molecule has 0 unspecified atom stereocenters. The predicted molar refractivity (Wildman–Crippen MR) is 139 cm³/mol. The second-order valence-electron chi connectivity index (χ2n) is 11.9. The van der Waals surface area contributed by atoms with E-state index in [0.29, 0.717) is 41.4 Å². The number of rotatable bonds is 3. The van der Waals surface area contributed by atoms with Gasteiger partial charge >= 0.3 is 0 Å². The Morgan fingerprint density at radius 1 is 1.16 bits per heavy atom. The van der Waals surface area contributed by atoms with E-state index in [1.54, 1.807) is 6.07 Å². The molecular formula is C30H28N4O4. The van der Waals surface area contributed by atoms with Crippen molar-refractivity contribution in [3.05, 3.63) is 81.3 Å². The fourth-order valence-electron chi connectivity index (χ4n) is 8.15. The Bertz CT molecular complexity index is 1720. The van der Waals surface area contributed by atoms with Crippen LogP contribution in [0.25, 0.3) is 16.9 Å². The first-order chi connectivity index (χ1) is 18.5. The predicted octanol–water partition coefficient (Wildman–Crippen LogP) is 3.09. The summed E-state index contributed by atoms with van der Waals surface area (Å²) in [7, 11) is 0. The van der Waals surface area contributed by atoms with Crippen molar-refractivity contribution in [2.24, 2.45) is 5.92 Å². The van der Waals surface area contributed by atoms with Crippen LogP contribution >= 0.6 is 0 Å². The van der Waals surface area contributed by atoms with Crippen LogP contribution < -0.4 is 10.3 Å². The molecule has 192 valence electrons. The first-order valence-corrected chi connectivity index (χ1v) is 13.7. The number of piperidine rings is 1. The molecule has 2 fully saturated rings. The van der Waals surface area contributed by atoms with Crippen molar-refractivity contribution in [2.75, 3.05) is 13.1 Å². The maximum Gasteiger partial charge on any atom is 0.276 e. The van der Waals surface area contributed by atoms with Crippen LogP contribution in [-0.4, -0.2) is 54.4 Å². The van der Waals surface area contributed by atoms with E-state index in [0.717, 1.165) is 35.5 Å². The van der Waals surface area contributed by atoms with E-state index in [1.165, 1.54) is 17.4 Å². The van der Waals surface area contributed by atoms with E-state index >= 15 is 0 Å². The van der Waals surface area contributed by atoms with Crippen LogP contribution in [0.2, 0.25) is 0 Å². The third-order valence-corrected chi connectivity index (χ3v) is 10.0. The Morgan fingerprint density at radius 2 is 2.00 bits per heavy atom. The monoisotopic (exact) mass is 508 g/mol. The molecule has 8 nitrogen and oxygen atoms in total. The Labute approximate surface area is 218 Å². The Hall–Kier alpha value is -3.62. The lowest BCUT2D eigenvalue weighted by Crippen LogP contribution is -2.75. The van der Waals surface area contributed by atoms with E-state index in [4.69, 9.17) is 9.72 Å². The van der Waals surface area contributed by atoms with Gasteiger partial charge in [0.1, 0.15) is 0 Å². The number of benzene rings is 2. The number of hydrogen-bond donors (Lipinski definition) is 3. The van der Waals surface area contributed by atoms with Crippen molar-refractivity contribution in [2.45, 2.75) is 55.3 Å². The molecule has 2 aliphatic heterocycles. The smallest absolute Gasteiger partial charge is 0.276 e. The maximum absolute atomic E-state index is 14.0. The zero-order chi connectivity index (χ0) is 25.4. The standard InChI is InChI=1S/C30H28N4O4/c35-21-9-8-18-12-22-30(37)14-19-25(31-23-13-20(32-34(23)28(19)36)17-4-2-1-3-5-17)27-29(30,24(18)26(21)38-27)10-11-33(22)15-16-6-7-16/h1-5,8-9,13,16,22,27,32,35,37H,6-7,10-12,14-15H2/t22-,27+,29+,30-/m1/s1. The molecule has 2 aromatic heterocycles. The lowest BCUT2D eigenvalue weighted by atomic mass is 9.49. The van der Waals surface area contributed by atoms with Gasteiger partial charge in [0.05, 0.1) is 22.4 Å². The van der Waals surface area contributed by atoms with Crippen molar-refractivity contribution in [3.8, 4) is 22.8 Å². The first kappa shape index (κ1) is 21.3. The Balaban J connectivity index is 1.29. The number of phenolic OH excluding ortho intramolecular Hbond substituents is 1. The molecule has 5 aliphatic rings. The molecule has 3 N–H and O–H groups in total. The molecule has 1 spiro atoms. The molecule has 0 radical (unpaired) electrons. The zero-order valence-corrected chi connectivity index (χ0v) is 20.9. The number of fused-ring (bicyclic) bond motifs is 3. The van der Waals surface area contributed by atoms with Gasteiger partial charge in [0.15, 0.2) is 23.3 Å². The number of nitrogens with zero attached hydrogens (tertiary/aromatic N) is 3. The van der Waals surface area contributed by atoms with E-state index in [-0.39, 0.29) is 23.8 Å². The van der Waals surface area contributed by atoms with Crippen LogP contribution in [0.4, 0.5) is 0 Å². The second-order valence-corrected chi connectivity index (χ2v) is 11.9. The van der Waals surface area contributed by atoms with Crippen LogP contribution in [0.15, 0.2) is 53.3 Å². The highest BCUT2D eigenvalue weighted by molar-refractivity contribution is 5.67. The normalized spacial score (nSPS) is 30.7. The number of aromatic hydroxyl groups is 1. The number of hydrogen-bond acceptors (Lipinski definition) is 6. The van der Waals surface area contributed by atoms with Crippen LogP contribution in [0.3, 0.4) is 0 Å². The van der Waals surface area contributed by atoms with E-state index in [9.17, 15) is 15.0 Å². The summed E-state index contributed by atoms with van der Waals surface area (Å²) in [4.78, 5) is 21.5. The van der Waals surface area contributed by atoms with Gasteiger partial charge in [0.2, 0.25) is 0 Å². The fraction of sp³-hybridized carbons (Fsp3) is 0.400. The van der Waals surface area contributed by atoms with Gasteiger partial charge in [-0.05, 0) is 55.3 Å². The molecule has 2 bridgehead atoms. The van der Waals surface area contributed by atoms with Crippen LogP contribution in [-0.2, 0) is 18.3 Å². The zero-order valence-electron chi connectivity index (χ0n) is 20.9. The molecule has 3 aliphatic carbocycles. The minimum Gasteiger partial charge on any atom is -0.504 e. The summed E-state index contributed by atoms with van der Waals surface area (Å²) < 4.78 is 8.07. The fourth-order valence-corrected chi connectivity index (χ4v) is 8.15. The number of H-pyrrole nitrogens is 1. The highest BCUT2D eigenvalue weighted by Gasteiger charge is 2.73. The van der Waals surface area contributed by atoms with Gasteiger partial charge in [-0.25, -0.2) is 9.50 Å². The Kier molecular flexibility index (Phi) is 3.86. The molecule has 2 aromatic carbocycles. The summed E-state index contributed by atoms with van der Waals surface area (Å²) in [6.45, 7) is 1.84. The van der Waals surface area contributed by atoms with Gasteiger partial charge in [-0.2, -0.15) is 0 Å². The third kappa shape index (κ3) is 2.44. The van der Waals surface area contributed by atoms with Gasteiger partial charge < -0.3 is 14.9 Å². The van der Waals surface area contributed by atoms with Crippen LogP contribution in [0.5, 0.6) is 11.5 Å². The summed E-state index contributed by atoms with van der Waals surface area (Å²) in [5, 5.41) is 26.9. The van der Waals surface area contributed by atoms with Gasteiger partial charge in [0, 0.05) is 36.2 Å². The third-order valence-electron chi connectivity index (χ3n) is 10.0. The second kappa shape index (κ2) is 6.87. The molecule has 8 heteroatoms. The Morgan fingerprint density at radius 3 is 2.82 bits per heavy atom. The number of aromatic nitrogens is 3. The number of phenols is 1.